The Balaban J connectivity index is 5.29. The molecule has 0 fully saturated rings. The highest BCUT2D eigenvalue weighted by atomic mass is 19.4. The smallest absolute Gasteiger partial charge is 0.453 e. The Bertz CT molecular complexity index is 467. The maximum absolute atomic E-state index is 13.2. The minimum atomic E-state index is -6.64. The first-order valence-electron chi connectivity index (χ1n) is 5.78. The monoisotopic (exact) mass is 382 g/mol. The van der Waals surface area contributed by atoms with Gasteiger partial charge in [-0.25, -0.2) is 4.79 Å². The van der Waals surface area contributed by atoms with Gasteiger partial charge < -0.3 is 4.74 Å². The fourth-order valence-corrected chi connectivity index (χ4v) is 1.25. The third-order valence-electron chi connectivity index (χ3n) is 2.60. The van der Waals surface area contributed by atoms with Crippen molar-refractivity contribution in [3.63, 3.8) is 0 Å². The fraction of sp³-hybridized carbons (Fsp3) is 0.727. The molecule has 0 N–H and O–H groups in total. The molecule has 0 aliphatic heterocycles. The lowest BCUT2D eigenvalue weighted by atomic mass is 9.96. The molecule has 0 atom stereocenters. The van der Waals surface area contributed by atoms with Crippen molar-refractivity contribution < 1.29 is 57.8 Å². The van der Waals surface area contributed by atoms with Gasteiger partial charge in [-0.05, 0) is 0 Å². The Morgan fingerprint density at radius 2 is 1.29 bits per heavy atom. The summed E-state index contributed by atoms with van der Waals surface area (Å²) in [5, 5.41) is 0. The number of rotatable bonds is 8. The van der Waals surface area contributed by atoms with E-state index in [1.165, 1.54) is 0 Å². The molecule has 0 rings (SSSR count). The highest BCUT2D eigenvalue weighted by Gasteiger charge is 2.75. The number of esters is 1. The summed E-state index contributed by atoms with van der Waals surface area (Å²) in [6, 6.07) is 0. The van der Waals surface area contributed by atoms with Crippen LogP contribution < -0.4 is 0 Å². The second-order valence-corrected chi connectivity index (χ2v) is 4.48. The molecule has 0 heterocycles. The third kappa shape index (κ3) is 4.72. The molecule has 142 valence electrons. The van der Waals surface area contributed by atoms with Crippen molar-refractivity contribution in [2.75, 3.05) is 6.61 Å². The molecule has 0 aliphatic carbocycles. The molecule has 0 unspecified atom stereocenters. The van der Waals surface area contributed by atoms with Crippen LogP contribution in [-0.4, -0.2) is 42.4 Å². The summed E-state index contributed by atoms with van der Waals surface area (Å²) < 4.78 is 143. The number of hydrogen-bond donors (Lipinski definition) is 0. The fourth-order valence-electron chi connectivity index (χ4n) is 1.25. The van der Waals surface area contributed by atoms with Crippen molar-refractivity contribution in [1.29, 1.82) is 0 Å². The summed E-state index contributed by atoms with van der Waals surface area (Å²) in [5.74, 6) is -26.4. The molecule has 0 amide bonds. The highest BCUT2D eigenvalue weighted by Crippen LogP contribution is 2.53. The van der Waals surface area contributed by atoms with Crippen LogP contribution in [0, 0.1) is 0 Å². The molecule has 0 bridgehead atoms. The van der Waals surface area contributed by atoms with Crippen molar-refractivity contribution in [3.8, 4) is 0 Å². The van der Waals surface area contributed by atoms with E-state index in [9.17, 15) is 53.1 Å². The van der Waals surface area contributed by atoms with Crippen molar-refractivity contribution in [2.45, 2.75) is 42.7 Å². The highest BCUT2D eigenvalue weighted by molar-refractivity contribution is 5.81. The van der Waals surface area contributed by atoms with E-state index >= 15 is 0 Å². The van der Waals surface area contributed by atoms with Crippen LogP contribution in [0.5, 0.6) is 0 Å². The molecular weight excluding hydrogens is 373 g/mol. The minimum absolute atomic E-state index is 0.425. The SMILES string of the molecule is C=CC(=O)OCCC(F)(F)C(F)(F)C(F)(F)CC(F)(F)C(F)(F)F. The van der Waals surface area contributed by atoms with Gasteiger partial charge in [0.1, 0.15) is 0 Å². The minimum Gasteiger partial charge on any atom is -0.462 e. The van der Waals surface area contributed by atoms with E-state index in [2.05, 4.69) is 11.3 Å². The molecule has 2 nitrogen and oxygen atoms in total. The number of alkyl halides is 11. The second kappa shape index (κ2) is 6.75. The molecule has 0 aliphatic rings. The van der Waals surface area contributed by atoms with E-state index in [-0.39, 0.29) is 0 Å². The molecule has 0 radical (unpaired) electrons. The third-order valence-corrected chi connectivity index (χ3v) is 2.60. The van der Waals surface area contributed by atoms with Crippen LogP contribution >= 0.6 is 0 Å². The molecule has 13 heteroatoms. The predicted octanol–water partition coefficient (Wildman–Crippen LogP) is 4.60. The molecule has 24 heavy (non-hydrogen) atoms. The van der Waals surface area contributed by atoms with Gasteiger partial charge in [-0.15, -0.1) is 0 Å². The predicted molar refractivity (Wildman–Crippen MR) is 56.2 cm³/mol. The Hall–Kier alpha value is -1.56. The lowest BCUT2D eigenvalue weighted by molar-refractivity contribution is -0.352. The van der Waals surface area contributed by atoms with Crippen LogP contribution in [0.1, 0.15) is 12.8 Å². The lowest BCUT2D eigenvalue weighted by Crippen LogP contribution is -2.57. The summed E-state index contributed by atoms with van der Waals surface area (Å²) in [6.45, 7) is 1.28. The van der Waals surface area contributed by atoms with E-state index in [0.717, 1.165) is 0 Å². The van der Waals surface area contributed by atoms with Crippen molar-refractivity contribution in [3.05, 3.63) is 12.7 Å². The largest absolute Gasteiger partial charge is 0.462 e. The van der Waals surface area contributed by atoms with E-state index < -0.39 is 55.3 Å². The first-order chi connectivity index (χ1) is 10.4. The Labute approximate surface area is 127 Å². The van der Waals surface area contributed by atoms with Crippen LogP contribution in [0.3, 0.4) is 0 Å². The van der Waals surface area contributed by atoms with E-state index in [4.69, 9.17) is 0 Å². The van der Waals surface area contributed by atoms with Crippen LogP contribution in [0.25, 0.3) is 0 Å². The summed E-state index contributed by atoms with van der Waals surface area (Å²) in [5.41, 5.74) is 0. The topological polar surface area (TPSA) is 26.3 Å². The van der Waals surface area contributed by atoms with Crippen molar-refractivity contribution in [1.82, 2.24) is 0 Å². The number of halogens is 11. The normalized spacial score (nSPS) is 14.5. The lowest BCUT2D eigenvalue weighted by Gasteiger charge is -2.34. The Morgan fingerprint density at radius 1 is 0.833 bits per heavy atom. The Kier molecular flexibility index (Phi) is 6.31. The first-order valence-corrected chi connectivity index (χ1v) is 5.78. The van der Waals surface area contributed by atoms with Crippen LogP contribution in [0.4, 0.5) is 48.3 Å². The second-order valence-electron chi connectivity index (χ2n) is 4.48. The number of ether oxygens (including phenoxy) is 1. The van der Waals surface area contributed by atoms with Crippen LogP contribution in [0.2, 0.25) is 0 Å². The summed E-state index contributed by atoms with van der Waals surface area (Å²) in [6.07, 6.45) is -12.3. The molecule has 0 spiro atoms. The molecule has 0 aromatic rings. The zero-order valence-corrected chi connectivity index (χ0v) is 11.4. The number of hydrogen-bond acceptors (Lipinski definition) is 2. The number of carbonyl (C=O) groups excluding carboxylic acids is 1. The summed E-state index contributed by atoms with van der Waals surface area (Å²) in [7, 11) is 0. The standard InChI is InChI=1S/C11H9F11O2/c1-2-6(23)24-4-3-7(12,13)10(18,19)8(14,15)5-9(16,17)11(20,21)22/h2H,1,3-5H2. The van der Waals surface area contributed by atoms with Crippen molar-refractivity contribution in [2.24, 2.45) is 0 Å². The van der Waals surface area contributed by atoms with E-state index in [1.807, 2.05) is 0 Å². The van der Waals surface area contributed by atoms with E-state index in [1.54, 1.807) is 0 Å². The Morgan fingerprint density at radius 3 is 1.67 bits per heavy atom. The quantitative estimate of drug-likeness (QED) is 0.349. The molecule has 0 aromatic carbocycles. The van der Waals surface area contributed by atoms with Gasteiger partial charge in [0.25, 0.3) is 0 Å². The van der Waals surface area contributed by atoms with Gasteiger partial charge in [0.05, 0.1) is 19.4 Å². The van der Waals surface area contributed by atoms with Crippen LogP contribution in [0.15, 0.2) is 12.7 Å². The van der Waals surface area contributed by atoms with Gasteiger partial charge >= 0.3 is 35.8 Å². The molecular formula is C11H9F11O2. The maximum atomic E-state index is 13.2. The van der Waals surface area contributed by atoms with E-state index in [0.29, 0.717) is 6.08 Å². The van der Waals surface area contributed by atoms with Gasteiger partial charge in [0.15, 0.2) is 0 Å². The molecule has 0 saturated heterocycles. The van der Waals surface area contributed by atoms with Gasteiger partial charge in [-0.1, -0.05) is 6.58 Å². The zero-order valence-electron chi connectivity index (χ0n) is 11.4. The summed E-state index contributed by atoms with van der Waals surface area (Å²) >= 11 is 0. The molecule has 0 aromatic heterocycles. The van der Waals surface area contributed by atoms with Gasteiger partial charge in [-0.2, -0.15) is 48.3 Å². The average molecular weight is 382 g/mol. The zero-order chi connectivity index (χ0) is 19.6. The number of carbonyl (C=O) groups is 1. The molecule has 0 saturated carbocycles. The van der Waals surface area contributed by atoms with Crippen molar-refractivity contribution >= 4 is 5.97 Å². The van der Waals surface area contributed by atoms with Gasteiger partial charge in [0, 0.05) is 6.08 Å². The summed E-state index contributed by atoms with van der Waals surface area (Å²) in [4.78, 5) is 10.5. The van der Waals surface area contributed by atoms with Gasteiger partial charge in [-0.3, -0.25) is 0 Å². The first kappa shape index (κ1) is 22.4. The van der Waals surface area contributed by atoms with Crippen LogP contribution in [-0.2, 0) is 9.53 Å². The maximum Gasteiger partial charge on any atom is 0.453 e. The average Bonchev–Trinajstić information content (AvgIpc) is 2.35. The van der Waals surface area contributed by atoms with Gasteiger partial charge in [0.2, 0.25) is 0 Å².